The van der Waals surface area contributed by atoms with Gasteiger partial charge in [-0.05, 0) is 31.9 Å². The molecule has 3 N–H and O–H groups in total. The van der Waals surface area contributed by atoms with E-state index in [1.54, 1.807) is 0 Å². The topological polar surface area (TPSA) is 55.1 Å². The number of carbonyl (C=O) groups is 1. The van der Waals surface area contributed by atoms with Crippen LogP contribution >= 0.6 is 24.0 Å². The summed E-state index contributed by atoms with van der Waals surface area (Å²) in [6.07, 6.45) is 11.9. The first-order valence-corrected chi connectivity index (χ1v) is 9.31. The lowest BCUT2D eigenvalue weighted by molar-refractivity contribution is -0.128. The van der Waals surface area contributed by atoms with Crippen LogP contribution in [0.25, 0.3) is 0 Å². The highest BCUT2D eigenvalue weighted by atomic mass is 32.2. The van der Waals surface area contributed by atoms with Crippen LogP contribution in [0, 0.1) is 5.41 Å². The molecule has 1 amide bonds. The molecule has 20 heavy (non-hydrogen) atoms. The van der Waals surface area contributed by atoms with E-state index in [1.165, 1.54) is 32.1 Å². The summed E-state index contributed by atoms with van der Waals surface area (Å²) in [6.45, 7) is 0.761. The van der Waals surface area contributed by atoms with Gasteiger partial charge in [-0.25, -0.2) is 0 Å². The van der Waals surface area contributed by atoms with Gasteiger partial charge < -0.3 is 11.1 Å². The Morgan fingerprint density at radius 3 is 2.15 bits per heavy atom. The fourth-order valence-corrected chi connectivity index (χ4v) is 4.56. The lowest BCUT2D eigenvalue weighted by Crippen LogP contribution is -2.53. The molecule has 0 saturated heterocycles. The molecule has 0 aromatic heterocycles. The molecule has 0 aromatic carbocycles. The van der Waals surface area contributed by atoms with Gasteiger partial charge in [0.1, 0.15) is 0 Å². The van der Waals surface area contributed by atoms with Gasteiger partial charge in [-0.3, -0.25) is 4.79 Å². The fraction of sp³-hybridized carbons (Fsp3) is 0.867. The van der Waals surface area contributed by atoms with Crippen molar-refractivity contribution in [3.8, 4) is 0 Å². The predicted molar refractivity (Wildman–Crippen MR) is 90.0 cm³/mol. The number of hydrogen-bond donors (Lipinski definition) is 2. The number of amides is 1. The summed E-state index contributed by atoms with van der Waals surface area (Å²) < 4.78 is 0.262. The second-order valence-corrected chi connectivity index (χ2v) is 8.00. The molecule has 0 aliphatic heterocycles. The second-order valence-electron chi connectivity index (χ2n) is 6.28. The predicted octanol–water partition coefficient (Wildman–Crippen LogP) is 3.02. The van der Waals surface area contributed by atoms with E-state index in [9.17, 15) is 4.79 Å². The van der Waals surface area contributed by atoms with Crippen molar-refractivity contribution in [3.05, 3.63) is 0 Å². The van der Waals surface area contributed by atoms with Crippen LogP contribution in [0.1, 0.15) is 57.8 Å². The SMILES string of the molecule is CSC1(CNC(=O)C2(C(N)=S)CCCCCC2)CCC1. The van der Waals surface area contributed by atoms with Crippen LogP contribution in [0.15, 0.2) is 0 Å². The monoisotopic (exact) mass is 314 g/mol. The van der Waals surface area contributed by atoms with E-state index >= 15 is 0 Å². The molecule has 0 atom stereocenters. The van der Waals surface area contributed by atoms with Crippen LogP contribution in [-0.4, -0.2) is 28.4 Å². The van der Waals surface area contributed by atoms with Gasteiger partial charge in [0.25, 0.3) is 0 Å². The van der Waals surface area contributed by atoms with Crippen molar-refractivity contribution in [3.63, 3.8) is 0 Å². The molecule has 5 heteroatoms. The molecule has 2 saturated carbocycles. The van der Waals surface area contributed by atoms with Crippen LogP contribution in [0.4, 0.5) is 0 Å². The number of nitrogens with two attached hydrogens (primary N) is 1. The Labute approximate surface area is 131 Å². The number of thioether (sulfide) groups is 1. The van der Waals surface area contributed by atoms with Crippen LogP contribution in [0.2, 0.25) is 0 Å². The third kappa shape index (κ3) is 3.14. The third-order valence-corrected chi connectivity index (χ3v) is 6.94. The van der Waals surface area contributed by atoms with Gasteiger partial charge in [-0.1, -0.05) is 44.3 Å². The summed E-state index contributed by atoms with van der Waals surface area (Å²) in [5, 5.41) is 3.17. The number of nitrogens with one attached hydrogen (secondary N) is 1. The lowest BCUT2D eigenvalue weighted by atomic mass is 9.78. The first-order valence-electron chi connectivity index (χ1n) is 7.68. The summed E-state index contributed by atoms with van der Waals surface area (Å²) in [4.78, 5) is 13.1. The van der Waals surface area contributed by atoms with Gasteiger partial charge in [-0.2, -0.15) is 11.8 Å². The van der Waals surface area contributed by atoms with Gasteiger partial charge >= 0.3 is 0 Å². The van der Waals surface area contributed by atoms with Gasteiger partial charge in [0.05, 0.1) is 10.4 Å². The molecule has 0 unspecified atom stereocenters. The maximum Gasteiger partial charge on any atom is 0.233 e. The zero-order valence-corrected chi connectivity index (χ0v) is 14.0. The van der Waals surface area contributed by atoms with Gasteiger partial charge in [-0.15, -0.1) is 0 Å². The summed E-state index contributed by atoms with van der Waals surface area (Å²) in [5.74, 6) is 0.0761. The average molecular weight is 315 g/mol. The number of thiocarbonyl (C=S) groups is 1. The van der Waals surface area contributed by atoms with Gasteiger partial charge in [0, 0.05) is 11.3 Å². The van der Waals surface area contributed by atoms with E-state index in [-0.39, 0.29) is 10.7 Å². The first kappa shape index (κ1) is 16.1. The Morgan fingerprint density at radius 1 is 1.15 bits per heavy atom. The highest BCUT2D eigenvalue weighted by molar-refractivity contribution is 8.00. The Kier molecular flexibility index (Phi) is 5.35. The Balaban J connectivity index is 2.01. The summed E-state index contributed by atoms with van der Waals surface area (Å²) >= 11 is 7.13. The van der Waals surface area contributed by atoms with E-state index in [0.29, 0.717) is 4.99 Å². The van der Waals surface area contributed by atoms with Crippen LogP contribution in [0.5, 0.6) is 0 Å². The van der Waals surface area contributed by atoms with Crippen molar-refractivity contribution < 1.29 is 4.79 Å². The molecule has 114 valence electrons. The average Bonchev–Trinajstić information content (AvgIpc) is 2.64. The first-order chi connectivity index (χ1) is 9.55. The van der Waals surface area contributed by atoms with E-state index in [2.05, 4.69) is 11.6 Å². The van der Waals surface area contributed by atoms with Crippen LogP contribution in [-0.2, 0) is 4.79 Å². The quantitative estimate of drug-likeness (QED) is 0.605. The molecule has 0 radical (unpaired) electrons. The Hall–Kier alpha value is -0.290. The van der Waals surface area contributed by atoms with Crippen molar-refractivity contribution in [1.29, 1.82) is 0 Å². The van der Waals surface area contributed by atoms with E-state index < -0.39 is 5.41 Å². The molecule has 0 spiro atoms. The molecule has 2 aliphatic rings. The summed E-state index contributed by atoms with van der Waals surface area (Å²) in [5.41, 5.74) is 5.37. The molecule has 3 nitrogen and oxygen atoms in total. The minimum absolute atomic E-state index is 0.0761. The molecule has 2 rings (SSSR count). The summed E-state index contributed by atoms with van der Waals surface area (Å²) in [6, 6.07) is 0. The van der Waals surface area contributed by atoms with Crippen LogP contribution in [0.3, 0.4) is 0 Å². The number of hydrogen-bond acceptors (Lipinski definition) is 3. The number of rotatable bonds is 5. The Morgan fingerprint density at radius 2 is 1.75 bits per heavy atom. The molecular weight excluding hydrogens is 288 g/mol. The highest BCUT2D eigenvalue weighted by Crippen LogP contribution is 2.42. The molecular formula is C15H26N2OS2. The molecule has 2 fully saturated rings. The largest absolute Gasteiger partial charge is 0.392 e. The minimum atomic E-state index is -0.588. The second kappa shape index (κ2) is 6.65. The van der Waals surface area contributed by atoms with Crippen LogP contribution < -0.4 is 11.1 Å². The third-order valence-electron chi connectivity index (χ3n) is 5.13. The van der Waals surface area contributed by atoms with E-state index in [1.807, 2.05) is 11.8 Å². The van der Waals surface area contributed by atoms with Gasteiger partial charge in [0.2, 0.25) is 5.91 Å². The van der Waals surface area contributed by atoms with Crippen molar-refractivity contribution >= 4 is 34.9 Å². The molecule has 2 aliphatic carbocycles. The van der Waals surface area contributed by atoms with Gasteiger partial charge in [0.15, 0.2) is 0 Å². The fourth-order valence-electron chi connectivity index (χ4n) is 3.35. The minimum Gasteiger partial charge on any atom is -0.392 e. The molecule has 0 heterocycles. The normalized spacial score (nSPS) is 24.2. The smallest absolute Gasteiger partial charge is 0.233 e. The van der Waals surface area contributed by atoms with Crippen molar-refractivity contribution in [2.24, 2.45) is 11.1 Å². The maximum atomic E-state index is 12.7. The zero-order chi connectivity index (χ0) is 14.6. The zero-order valence-electron chi connectivity index (χ0n) is 12.4. The van der Waals surface area contributed by atoms with E-state index in [4.69, 9.17) is 18.0 Å². The number of carbonyl (C=O) groups excluding carboxylic acids is 1. The lowest BCUT2D eigenvalue weighted by Gasteiger charge is -2.41. The van der Waals surface area contributed by atoms with Crippen molar-refractivity contribution in [2.75, 3.05) is 12.8 Å². The molecule has 0 bridgehead atoms. The van der Waals surface area contributed by atoms with E-state index in [0.717, 1.165) is 32.2 Å². The van der Waals surface area contributed by atoms with Crippen molar-refractivity contribution in [2.45, 2.75) is 62.5 Å². The Bertz CT molecular complexity index is 367. The molecule has 0 aromatic rings. The standard InChI is InChI=1S/C15H26N2OS2/c1-20-14(7-6-8-14)11-17-13(18)15(12(16)19)9-4-2-3-5-10-15/h2-11H2,1H3,(H2,16,19)(H,17,18). The maximum absolute atomic E-state index is 12.7. The summed E-state index contributed by atoms with van der Waals surface area (Å²) in [7, 11) is 0. The highest BCUT2D eigenvalue weighted by Gasteiger charge is 2.43. The van der Waals surface area contributed by atoms with Crippen molar-refractivity contribution in [1.82, 2.24) is 5.32 Å².